The number of ether oxygens (including phenoxy) is 1. The first-order valence-corrected chi connectivity index (χ1v) is 10.8. The molecule has 1 aliphatic carbocycles. The summed E-state index contributed by atoms with van der Waals surface area (Å²) in [4.78, 5) is 31.6. The Kier molecular flexibility index (Phi) is 4.70. The van der Waals surface area contributed by atoms with Gasteiger partial charge in [0, 0.05) is 10.9 Å². The Bertz CT molecular complexity index is 1290. The van der Waals surface area contributed by atoms with E-state index in [0.717, 1.165) is 42.1 Å². The van der Waals surface area contributed by atoms with Gasteiger partial charge in [0.2, 0.25) is 5.88 Å². The van der Waals surface area contributed by atoms with Crippen molar-refractivity contribution in [3.05, 3.63) is 70.3 Å². The fourth-order valence-corrected chi connectivity index (χ4v) is 4.90. The second kappa shape index (κ2) is 7.45. The number of nitrogens with zero attached hydrogens (tertiary/aromatic N) is 3. The van der Waals surface area contributed by atoms with E-state index in [1.807, 2.05) is 18.2 Å². The Balaban J connectivity index is 1.55. The number of amides is 2. The van der Waals surface area contributed by atoms with Gasteiger partial charge in [-0.2, -0.15) is 5.26 Å². The molecule has 0 bridgehead atoms. The Hall–Kier alpha value is -3.72. The summed E-state index contributed by atoms with van der Waals surface area (Å²) in [5, 5.41) is 11.2. The molecular formula is C26H23N3O3. The van der Waals surface area contributed by atoms with Gasteiger partial charge in [-0.25, -0.2) is 4.98 Å². The zero-order valence-corrected chi connectivity index (χ0v) is 18.1. The van der Waals surface area contributed by atoms with Crippen LogP contribution in [0.25, 0.3) is 10.9 Å². The number of hydrogen-bond donors (Lipinski definition) is 0. The van der Waals surface area contributed by atoms with Crippen molar-refractivity contribution in [2.75, 3.05) is 13.7 Å². The van der Waals surface area contributed by atoms with Crippen LogP contribution in [0, 0.1) is 11.3 Å². The van der Waals surface area contributed by atoms with Crippen molar-refractivity contribution >= 4 is 22.7 Å². The number of fused-ring (bicyclic) bond motifs is 4. The third-order valence-corrected chi connectivity index (χ3v) is 6.70. The van der Waals surface area contributed by atoms with Crippen molar-refractivity contribution in [3.63, 3.8) is 0 Å². The second-order valence-corrected chi connectivity index (χ2v) is 8.70. The molecule has 3 aromatic rings. The SMILES string of the molecule is COc1nc2cc(C(C)(C#N)CN3C(=O)c4ccccc4C3=O)ccc2c2c1CCCC2. The van der Waals surface area contributed by atoms with Crippen LogP contribution in [0.1, 0.15) is 57.2 Å². The first-order valence-electron chi connectivity index (χ1n) is 10.8. The summed E-state index contributed by atoms with van der Waals surface area (Å²) >= 11 is 0. The molecule has 1 aliphatic heterocycles. The van der Waals surface area contributed by atoms with Crippen LogP contribution < -0.4 is 4.74 Å². The molecule has 0 N–H and O–H groups in total. The van der Waals surface area contributed by atoms with Gasteiger partial charge in [-0.3, -0.25) is 14.5 Å². The number of rotatable bonds is 4. The van der Waals surface area contributed by atoms with Crippen LogP contribution in [0.5, 0.6) is 5.88 Å². The number of imide groups is 1. The summed E-state index contributed by atoms with van der Waals surface area (Å²) in [5.41, 5.74) is 3.62. The van der Waals surface area contributed by atoms with Gasteiger partial charge < -0.3 is 4.74 Å². The van der Waals surface area contributed by atoms with E-state index < -0.39 is 5.41 Å². The van der Waals surface area contributed by atoms with Crippen LogP contribution in [-0.4, -0.2) is 35.4 Å². The molecule has 0 saturated carbocycles. The average Bonchev–Trinajstić information content (AvgIpc) is 3.07. The summed E-state index contributed by atoms with van der Waals surface area (Å²) in [7, 11) is 1.63. The maximum atomic E-state index is 12.9. The van der Waals surface area contributed by atoms with Gasteiger partial charge in [-0.15, -0.1) is 0 Å². The summed E-state index contributed by atoms with van der Waals surface area (Å²) in [6.07, 6.45) is 4.20. The fraction of sp³-hybridized carbons (Fsp3) is 0.308. The largest absolute Gasteiger partial charge is 0.481 e. The maximum absolute atomic E-state index is 12.9. The van der Waals surface area contributed by atoms with E-state index >= 15 is 0 Å². The molecule has 2 amide bonds. The zero-order valence-electron chi connectivity index (χ0n) is 18.1. The minimum absolute atomic E-state index is 0.0244. The number of aromatic nitrogens is 1. The van der Waals surface area contributed by atoms with Crippen LogP contribution >= 0.6 is 0 Å². The molecular weight excluding hydrogens is 402 g/mol. The van der Waals surface area contributed by atoms with E-state index in [-0.39, 0.29) is 18.4 Å². The van der Waals surface area contributed by atoms with Crippen molar-refractivity contribution in [1.82, 2.24) is 9.88 Å². The number of pyridine rings is 1. The fourth-order valence-electron chi connectivity index (χ4n) is 4.90. The Morgan fingerprint density at radius 1 is 1.06 bits per heavy atom. The lowest BCUT2D eigenvalue weighted by Crippen LogP contribution is -2.41. The lowest BCUT2D eigenvalue weighted by atomic mass is 9.82. The van der Waals surface area contributed by atoms with E-state index in [2.05, 4.69) is 6.07 Å². The molecule has 2 aromatic carbocycles. The lowest BCUT2D eigenvalue weighted by Gasteiger charge is -2.28. The minimum atomic E-state index is -1.08. The monoisotopic (exact) mass is 425 g/mol. The molecule has 5 rings (SSSR count). The van der Waals surface area contributed by atoms with Crippen molar-refractivity contribution in [2.45, 2.75) is 38.0 Å². The van der Waals surface area contributed by atoms with E-state index in [4.69, 9.17) is 9.72 Å². The number of methoxy groups -OCH3 is 1. The topological polar surface area (TPSA) is 83.3 Å². The molecule has 0 fully saturated rings. The molecule has 0 radical (unpaired) electrons. The van der Waals surface area contributed by atoms with Crippen molar-refractivity contribution in [1.29, 1.82) is 5.26 Å². The van der Waals surface area contributed by atoms with Crippen molar-refractivity contribution < 1.29 is 14.3 Å². The zero-order chi connectivity index (χ0) is 22.5. The highest BCUT2D eigenvalue weighted by molar-refractivity contribution is 6.21. The molecule has 1 atom stereocenters. The molecule has 32 heavy (non-hydrogen) atoms. The number of carbonyl (C=O) groups excluding carboxylic acids is 2. The average molecular weight is 425 g/mol. The highest BCUT2D eigenvalue weighted by atomic mass is 16.5. The number of carbonyl (C=O) groups is 2. The maximum Gasteiger partial charge on any atom is 0.261 e. The molecule has 160 valence electrons. The third-order valence-electron chi connectivity index (χ3n) is 6.70. The molecule has 0 saturated heterocycles. The summed E-state index contributed by atoms with van der Waals surface area (Å²) in [6, 6.07) is 14.9. The number of aryl methyl sites for hydroxylation is 1. The molecule has 6 nitrogen and oxygen atoms in total. The lowest BCUT2D eigenvalue weighted by molar-refractivity contribution is 0.0633. The first-order chi connectivity index (χ1) is 15.5. The predicted molar refractivity (Wildman–Crippen MR) is 120 cm³/mol. The van der Waals surface area contributed by atoms with Gasteiger partial charge in [-0.05, 0) is 61.9 Å². The molecule has 0 spiro atoms. The summed E-state index contributed by atoms with van der Waals surface area (Å²) in [5.74, 6) is -0.0770. The summed E-state index contributed by atoms with van der Waals surface area (Å²) < 4.78 is 5.57. The standard InChI is InChI=1S/C26H23N3O3/c1-26(14-27,15-29-24(30)20-9-5-6-10-21(20)25(29)31)16-11-12-18-17-7-3-4-8-19(17)23(32-2)28-22(18)13-16/h5-6,9-13H,3-4,7-8,15H2,1-2H3. The molecule has 2 heterocycles. The normalized spacial score (nSPS) is 17.0. The smallest absolute Gasteiger partial charge is 0.261 e. The Morgan fingerprint density at radius 2 is 1.72 bits per heavy atom. The van der Waals surface area contributed by atoms with E-state index in [1.54, 1.807) is 38.3 Å². The van der Waals surface area contributed by atoms with Gasteiger partial charge >= 0.3 is 0 Å². The van der Waals surface area contributed by atoms with E-state index in [0.29, 0.717) is 17.0 Å². The van der Waals surface area contributed by atoms with Gasteiger partial charge in [0.1, 0.15) is 0 Å². The number of benzene rings is 2. The first kappa shape index (κ1) is 20.2. The van der Waals surface area contributed by atoms with Crippen LogP contribution in [0.4, 0.5) is 0 Å². The highest BCUT2D eigenvalue weighted by Crippen LogP contribution is 2.36. The third kappa shape index (κ3) is 2.96. The minimum Gasteiger partial charge on any atom is -0.481 e. The molecule has 2 aliphatic rings. The van der Waals surface area contributed by atoms with Crippen LogP contribution in [-0.2, 0) is 18.3 Å². The second-order valence-electron chi connectivity index (χ2n) is 8.70. The number of hydrogen-bond acceptors (Lipinski definition) is 5. The van der Waals surface area contributed by atoms with Crippen LogP contribution in [0.15, 0.2) is 42.5 Å². The Morgan fingerprint density at radius 3 is 2.34 bits per heavy atom. The molecule has 1 unspecified atom stereocenters. The van der Waals surface area contributed by atoms with Crippen LogP contribution in [0.2, 0.25) is 0 Å². The summed E-state index contributed by atoms with van der Waals surface area (Å²) in [6.45, 7) is 1.73. The van der Waals surface area contributed by atoms with Crippen molar-refractivity contribution in [2.24, 2.45) is 0 Å². The van der Waals surface area contributed by atoms with Gasteiger partial charge in [0.25, 0.3) is 11.8 Å². The molecule has 6 heteroatoms. The quantitative estimate of drug-likeness (QED) is 0.585. The van der Waals surface area contributed by atoms with Gasteiger partial charge in [0.15, 0.2) is 0 Å². The Labute approximate surface area is 186 Å². The highest BCUT2D eigenvalue weighted by Gasteiger charge is 2.41. The predicted octanol–water partition coefficient (Wildman–Crippen LogP) is 4.20. The number of nitriles is 1. The van der Waals surface area contributed by atoms with Crippen LogP contribution in [0.3, 0.4) is 0 Å². The van der Waals surface area contributed by atoms with Gasteiger partial charge in [-0.1, -0.05) is 24.3 Å². The van der Waals surface area contributed by atoms with E-state index in [9.17, 15) is 14.9 Å². The van der Waals surface area contributed by atoms with Gasteiger partial charge in [0.05, 0.1) is 41.8 Å². The van der Waals surface area contributed by atoms with E-state index in [1.165, 1.54) is 16.0 Å². The van der Waals surface area contributed by atoms with Crippen molar-refractivity contribution in [3.8, 4) is 11.9 Å². The molecule has 1 aromatic heterocycles.